The molecule has 0 fully saturated rings. The maximum Gasteiger partial charge on any atom is 0.488 e. The highest BCUT2D eigenvalue weighted by molar-refractivity contribution is 7.81. The molecule has 0 aromatic heterocycles. The molecule has 0 atom stereocenters. The van der Waals surface area contributed by atoms with Crippen molar-refractivity contribution in [2.45, 2.75) is 0 Å². The van der Waals surface area contributed by atoms with E-state index < -0.39 is 10.5 Å². The Labute approximate surface area is 74.4 Å². The Balaban J connectivity index is 2.87. The lowest BCUT2D eigenvalue weighted by Crippen LogP contribution is -2.00. The third-order valence-corrected chi connectivity index (χ3v) is 1.60. The van der Waals surface area contributed by atoms with Gasteiger partial charge in [-0.15, -0.1) is 0 Å². The number of carbonyl (C=O) groups is 1. The zero-order chi connectivity index (χ0) is 9.90. The molecule has 1 rings (SSSR count). The molecule has 1 aromatic carbocycles. The van der Waals surface area contributed by atoms with Crippen molar-refractivity contribution in [1.82, 2.24) is 0 Å². The number of carbonyl (C=O) groups excluding carboxylic acids is 1. The second kappa shape index (κ2) is 3.53. The topological polar surface area (TPSA) is 60.4 Å². The maximum atomic E-state index is 11.9. The third kappa shape index (κ3) is 3.20. The average molecular weight is 203 g/mol. The fourth-order valence-electron chi connectivity index (χ4n) is 0.717. The van der Waals surface area contributed by atoms with Crippen LogP contribution in [0.1, 0.15) is 10.4 Å². The first kappa shape index (κ1) is 9.66. The van der Waals surface area contributed by atoms with Crippen molar-refractivity contribution >= 4 is 16.8 Å². The zero-order valence-electron chi connectivity index (χ0n) is 6.31. The molecule has 0 aliphatic heterocycles. The lowest BCUT2D eigenvalue weighted by Gasteiger charge is -1.98. The van der Waals surface area contributed by atoms with Gasteiger partial charge in [0.25, 0.3) is 0 Å². The first-order chi connectivity index (χ1) is 6.01. The molecule has 1 aromatic rings. The molecule has 0 saturated carbocycles. The zero-order valence-corrected chi connectivity index (χ0v) is 7.12. The summed E-state index contributed by atoms with van der Waals surface area (Å²) in [6.07, 6.45) is 0.577. The van der Waals surface area contributed by atoms with E-state index in [4.69, 9.17) is 0 Å². The molecule has 0 aliphatic rings. The second-order valence-electron chi connectivity index (χ2n) is 2.16. The summed E-state index contributed by atoms with van der Waals surface area (Å²) in [5.74, 6) is -0.173. The number of hydrogen-bond acceptors (Lipinski definition) is 4. The number of rotatable bonds is 3. The number of aldehydes is 1. The summed E-state index contributed by atoms with van der Waals surface area (Å²) in [6, 6.07) is 4.99. The van der Waals surface area contributed by atoms with Gasteiger partial charge >= 0.3 is 10.5 Å². The van der Waals surface area contributed by atoms with Gasteiger partial charge in [0.2, 0.25) is 0 Å². The summed E-state index contributed by atoms with van der Waals surface area (Å²) in [6.45, 7) is 0. The summed E-state index contributed by atoms with van der Waals surface area (Å²) < 4.78 is 35.8. The summed E-state index contributed by atoms with van der Waals surface area (Å²) >= 11 is 0. The predicted octanol–water partition coefficient (Wildman–Crippen LogP) is 1.09. The van der Waals surface area contributed by atoms with Crippen molar-refractivity contribution in [2.75, 3.05) is 0 Å². The first-order valence-electron chi connectivity index (χ1n) is 3.20. The van der Waals surface area contributed by atoms with Gasteiger partial charge in [-0.25, -0.2) is 0 Å². The van der Waals surface area contributed by atoms with E-state index >= 15 is 0 Å². The smallest absolute Gasteiger partial charge is 0.358 e. The van der Waals surface area contributed by atoms with Crippen LogP contribution in [0.3, 0.4) is 0 Å². The van der Waals surface area contributed by atoms with E-state index in [1.807, 2.05) is 0 Å². The second-order valence-corrected chi connectivity index (χ2v) is 3.12. The van der Waals surface area contributed by atoms with Crippen LogP contribution in [0.25, 0.3) is 0 Å². The molecule has 13 heavy (non-hydrogen) atoms. The van der Waals surface area contributed by atoms with E-state index in [2.05, 4.69) is 4.18 Å². The summed E-state index contributed by atoms with van der Waals surface area (Å²) in [4.78, 5) is 10.2. The fraction of sp³-hybridized carbons (Fsp3) is 0. The molecule has 0 spiro atoms. The van der Waals surface area contributed by atoms with E-state index in [0.717, 1.165) is 0 Å². The Kier molecular flexibility index (Phi) is 2.62. The number of halogens is 1. The van der Waals surface area contributed by atoms with Gasteiger partial charge in [-0.2, -0.15) is 8.42 Å². The Bertz CT molecular complexity index is 395. The molecular weight excluding hydrogens is 198 g/mol. The first-order valence-corrected chi connectivity index (χ1v) is 4.51. The van der Waals surface area contributed by atoms with Crippen LogP contribution in [0, 0.1) is 0 Å². The van der Waals surface area contributed by atoms with Crippen LogP contribution in [0.5, 0.6) is 5.75 Å². The minimum absolute atomic E-state index is 0.173. The van der Waals surface area contributed by atoms with Crippen LogP contribution in [-0.2, 0) is 10.5 Å². The van der Waals surface area contributed by atoms with Crippen LogP contribution >= 0.6 is 0 Å². The SMILES string of the molecule is O=Cc1ccc(OS(=O)(=O)[18F])cc1. The van der Waals surface area contributed by atoms with Crippen LogP contribution in [-0.4, -0.2) is 14.7 Å². The van der Waals surface area contributed by atoms with Gasteiger partial charge in [-0.1, -0.05) is 3.89 Å². The quantitative estimate of drug-likeness (QED) is 0.545. The summed E-state index contributed by atoms with van der Waals surface area (Å²) in [5.41, 5.74) is 0.351. The van der Waals surface area contributed by atoms with Gasteiger partial charge in [-0.3, -0.25) is 4.79 Å². The lowest BCUT2D eigenvalue weighted by atomic mass is 10.2. The molecule has 70 valence electrons. The molecular formula is C7H5FO4S. The van der Waals surface area contributed by atoms with Gasteiger partial charge in [0.05, 0.1) is 0 Å². The highest BCUT2D eigenvalue weighted by Gasteiger charge is 2.08. The van der Waals surface area contributed by atoms with Crippen LogP contribution in [0.4, 0.5) is 3.89 Å². The van der Waals surface area contributed by atoms with Crippen molar-refractivity contribution in [3.8, 4) is 5.75 Å². The maximum absolute atomic E-state index is 11.9. The highest BCUT2D eigenvalue weighted by Crippen LogP contribution is 2.13. The normalized spacial score (nSPS) is 10.8. The summed E-state index contributed by atoms with van der Waals surface area (Å²) in [7, 11) is -4.99. The van der Waals surface area contributed by atoms with Gasteiger partial charge in [0, 0.05) is 5.56 Å². The molecule has 0 saturated heterocycles. The van der Waals surface area contributed by atoms with Crippen LogP contribution < -0.4 is 4.18 Å². The van der Waals surface area contributed by atoms with Gasteiger partial charge in [0.1, 0.15) is 12.0 Å². The minimum atomic E-state index is -4.99. The van der Waals surface area contributed by atoms with Crippen LogP contribution in [0.15, 0.2) is 24.3 Å². The van der Waals surface area contributed by atoms with Crippen molar-refractivity contribution < 1.29 is 21.3 Å². The molecule has 0 unspecified atom stereocenters. The van der Waals surface area contributed by atoms with Crippen molar-refractivity contribution in [1.29, 1.82) is 0 Å². The largest absolute Gasteiger partial charge is 0.488 e. The fourth-order valence-corrected chi connectivity index (χ4v) is 1.06. The Morgan fingerprint density at radius 2 is 1.77 bits per heavy atom. The molecule has 0 bridgehead atoms. The number of hydrogen-bond donors (Lipinski definition) is 0. The van der Waals surface area contributed by atoms with Gasteiger partial charge in [0.15, 0.2) is 0 Å². The van der Waals surface area contributed by atoms with Crippen molar-refractivity contribution in [2.24, 2.45) is 0 Å². The number of benzene rings is 1. The Morgan fingerprint density at radius 3 is 2.15 bits per heavy atom. The molecule has 0 N–H and O–H groups in total. The molecule has 0 heterocycles. The van der Waals surface area contributed by atoms with E-state index in [1.165, 1.54) is 24.3 Å². The lowest BCUT2D eigenvalue weighted by molar-refractivity contribution is 0.112. The Hall–Kier alpha value is -1.43. The molecule has 6 heteroatoms. The molecule has 0 amide bonds. The van der Waals surface area contributed by atoms with Crippen molar-refractivity contribution in [3.05, 3.63) is 29.8 Å². The average Bonchev–Trinajstić information content (AvgIpc) is 2.03. The monoisotopic (exact) mass is 203 g/mol. The van der Waals surface area contributed by atoms with E-state index in [9.17, 15) is 17.1 Å². The molecule has 4 nitrogen and oxygen atoms in total. The van der Waals surface area contributed by atoms with Gasteiger partial charge in [-0.05, 0) is 24.3 Å². The van der Waals surface area contributed by atoms with Crippen molar-refractivity contribution in [3.63, 3.8) is 0 Å². The Morgan fingerprint density at radius 1 is 1.23 bits per heavy atom. The third-order valence-electron chi connectivity index (χ3n) is 1.21. The predicted molar refractivity (Wildman–Crippen MR) is 42.5 cm³/mol. The minimum Gasteiger partial charge on any atom is -0.358 e. The van der Waals surface area contributed by atoms with Crippen LogP contribution in [0.2, 0.25) is 0 Å². The van der Waals surface area contributed by atoms with E-state index in [0.29, 0.717) is 11.8 Å². The molecule has 0 radical (unpaired) electrons. The standard InChI is InChI=1S/C7H5FO4S/c8-13(10,11)12-7-3-1-6(5-9)2-4-7/h1-5H/i8-1. The van der Waals surface area contributed by atoms with E-state index in [1.54, 1.807) is 0 Å². The highest BCUT2D eigenvalue weighted by atomic mass is 32.3. The summed E-state index contributed by atoms with van der Waals surface area (Å²) in [5, 5.41) is 0. The molecule has 0 aliphatic carbocycles. The van der Waals surface area contributed by atoms with Gasteiger partial charge < -0.3 is 4.18 Å². The van der Waals surface area contributed by atoms with E-state index in [-0.39, 0.29) is 5.75 Å².